The van der Waals surface area contributed by atoms with Crippen molar-refractivity contribution >= 4 is 34.3 Å². The van der Waals surface area contributed by atoms with Crippen LogP contribution in [0.2, 0.25) is 5.02 Å². The highest BCUT2D eigenvalue weighted by atomic mass is 35.5. The minimum absolute atomic E-state index is 0.749. The maximum absolute atomic E-state index is 5.93. The van der Waals surface area contributed by atoms with Crippen LogP contribution in [0, 0.1) is 0 Å². The van der Waals surface area contributed by atoms with Crippen LogP contribution >= 0.6 is 23.4 Å². The molecule has 3 heteroatoms. The molecule has 120 valence electrons. The summed E-state index contributed by atoms with van der Waals surface area (Å²) in [6.07, 6.45) is 4.41. The van der Waals surface area contributed by atoms with Crippen LogP contribution in [-0.2, 0) is 0 Å². The first-order valence-electron chi connectivity index (χ1n) is 7.72. The number of ether oxygens (including phenoxy) is 1. The van der Waals surface area contributed by atoms with Crippen molar-refractivity contribution in [3.05, 3.63) is 70.4 Å². The number of thioether (sulfide) groups is 1. The summed E-state index contributed by atoms with van der Waals surface area (Å²) in [5.74, 6) is 1.97. The fourth-order valence-corrected chi connectivity index (χ4v) is 3.19. The molecule has 0 saturated heterocycles. The molecule has 0 aromatic heterocycles. The fraction of sp³-hybridized carbons (Fsp3) is 0.250. The van der Waals surface area contributed by atoms with Crippen molar-refractivity contribution in [1.82, 2.24) is 0 Å². The molecule has 0 bridgehead atoms. The third kappa shape index (κ3) is 5.84. The minimum atomic E-state index is 0.749. The van der Waals surface area contributed by atoms with Crippen molar-refractivity contribution in [3.8, 4) is 5.75 Å². The van der Waals surface area contributed by atoms with Crippen molar-refractivity contribution in [2.75, 3.05) is 12.9 Å². The highest BCUT2D eigenvalue weighted by Crippen LogP contribution is 2.29. The topological polar surface area (TPSA) is 9.23 Å². The molecule has 2 aromatic carbocycles. The molecule has 0 unspecified atom stereocenters. The van der Waals surface area contributed by atoms with Gasteiger partial charge in [-0.05, 0) is 65.8 Å². The zero-order chi connectivity index (χ0) is 16.5. The van der Waals surface area contributed by atoms with Gasteiger partial charge in [0.1, 0.15) is 5.75 Å². The van der Waals surface area contributed by atoms with E-state index in [0.29, 0.717) is 0 Å². The summed E-state index contributed by atoms with van der Waals surface area (Å²) in [6, 6.07) is 15.9. The molecule has 0 N–H and O–H groups in total. The van der Waals surface area contributed by atoms with Gasteiger partial charge in [-0.3, -0.25) is 0 Å². The van der Waals surface area contributed by atoms with Crippen LogP contribution in [0.3, 0.4) is 0 Å². The monoisotopic (exact) mass is 344 g/mol. The van der Waals surface area contributed by atoms with Gasteiger partial charge in [-0.25, -0.2) is 0 Å². The van der Waals surface area contributed by atoms with E-state index in [0.717, 1.165) is 32.6 Å². The lowest BCUT2D eigenvalue weighted by Gasteiger charge is -2.06. The minimum Gasteiger partial charge on any atom is -0.497 e. The van der Waals surface area contributed by atoms with Crippen molar-refractivity contribution < 1.29 is 4.74 Å². The van der Waals surface area contributed by atoms with E-state index in [1.54, 1.807) is 7.11 Å². The zero-order valence-electron chi connectivity index (χ0n) is 13.5. The van der Waals surface area contributed by atoms with Crippen LogP contribution < -0.4 is 4.74 Å². The lowest BCUT2D eigenvalue weighted by atomic mass is 10.2. The van der Waals surface area contributed by atoms with E-state index >= 15 is 0 Å². The Balaban J connectivity index is 2.27. The Kier molecular flexibility index (Phi) is 7.35. The Morgan fingerprint density at radius 1 is 1.13 bits per heavy atom. The van der Waals surface area contributed by atoms with Crippen LogP contribution in [0.1, 0.15) is 30.9 Å². The van der Waals surface area contributed by atoms with Crippen LogP contribution in [-0.4, -0.2) is 12.9 Å². The second-order valence-electron chi connectivity index (χ2n) is 5.10. The Bertz CT molecular complexity index is 668. The molecule has 0 aliphatic heterocycles. The first kappa shape index (κ1) is 17.7. The molecule has 2 aromatic rings. The van der Waals surface area contributed by atoms with Gasteiger partial charge in [-0.15, -0.1) is 17.5 Å². The normalized spacial score (nSPS) is 10.0. The molecule has 23 heavy (non-hydrogen) atoms. The van der Waals surface area contributed by atoms with Gasteiger partial charge in [0.2, 0.25) is 0 Å². The molecule has 0 aliphatic carbocycles. The average molecular weight is 345 g/mol. The third-order valence-electron chi connectivity index (χ3n) is 3.34. The number of benzene rings is 2. The van der Waals surface area contributed by atoms with Gasteiger partial charge in [-0.2, -0.15) is 0 Å². The quantitative estimate of drug-likeness (QED) is 0.417. The molecule has 1 nitrogen and oxygen atoms in total. The van der Waals surface area contributed by atoms with Crippen LogP contribution in [0.5, 0.6) is 5.75 Å². The lowest BCUT2D eigenvalue weighted by Crippen LogP contribution is -1.85. The summed E-state index contributed by atoms with van der Waals surface area (Å²) in [6.45, 7) is 2.21. The predicted molar refractivity (Wildman–Crippen MR) is 103 cm³/mol. The number of halogens is 1. The molecular weight excluding hydrogens is 324 g/mol. The largest absolute Gasteiger partial charge is 0.497 e. The van der Waals surface area contributed by atoms with Crippen molar-refractivity contribution in [3.63, 3.8) is 0 Å². The summed E-state index contributed by atoms with van der Waals surface area (Å²) in [5, 5.41) is 0.749. The number of hydrogen-bond donors (Lipinski definition) is 0. The lowest BCUT2D eigenvalue weighted by molar-refractivity contribution is 0.415. The maximum Gasteiger partial charge on any atom is 0.118 e. The van der Waals surface area contributed by atoms with Crippen LogP contribution in [0.15, 0.2) is 54.3 Å². The van der Waals surface area contributed by atoms with Gasteiger partial charge in [0.05, 0.1) is 12.0 Å². The van der Waals surface area contributed by atoms with E-state index in [9.17, 15) is 0 Å². The Morgan fingerprint density at radius 3 is 2.43 bits per heavy atom. The SMILES string of the molecule is CCCCSC(=C=Cc1ccc(Cl)cc1)c1ccc(OC)cc1. The molecule has 0 amide bonds. The van der Waals surface area contributed by atoms with Crippen LogP contribution in [0.25, 0.3) is 11.0 Å². The maximum atomic E-state index is 5.93. The second-order valence-corrected chi connectivity index (χ2v) is 6.64. The van der Waals surface area contributed by atoms with Crippen LogP contribution in [0.4, 0.5) is 0 Å². The summed E-state index contributed by atoms with van der Waals surface area (Å²) >= 11 is 7.77. The highest BCUT2D eigenvalue weighted by Gasteiger charge is 2.02. The van der Waals surface area contributed by atoms with Crippen molar-refractivity contribution in [1.29, 1.82) is 0 Å². The molecule has 0 saturated carbocycles. The van der Waals surface area contributed by atoms with E-state index in [1.165, 1.54) is 12.8 Å². The van der Waals surface area contributed by atoms with Gasteiger partial charge < -0.3 is 4.74 Å². The van der Waals surface area contributed by atoms with Gasteiger partial charge in [0, 0.05) is 5.02 Å². The molecule has 0 aliphatic rings. The molecule has 0 fully saturated rings. The first-order chi connectivity index (χ1) is 11.2. The standard InChI is InChI=1S/C20H21ClOS/c1-3-4-15-23-20(17-8-12-19(22-2)13-9-17)14-7-16-5-10-18(21)11-6-16/h5-13H,3-4,15H2,1-2H3. The molecular formula is C20H21ClOS. The van der Waals surface area contributed by atoms with Crippen molar-refractivity contribution in [2.24, 2.45) is 0 Å². The zero-order valence-corrected chi connectivity index (χ0v) is 15.1. The highest BCUT2D eigenvalue weighted by molar-refractivity contribution is 8.08. The fourth-order valence-electron chi connectivity index (χ4n) is 1.98. The summed E-state index contributed by atoms with van der Waals surface area (Å²) in [7, 11) is 1.68. The molecule has 0 heterocycles. The average Bonchev–Trinajstić information content (AvgIpc) is 2.59. The van der Waals surface area contributed by atoms with E-state index in [4.69, 9.17) is 16.3 Å². The van der Waals surface area contributed by atoms with Gasteiger partial charge in [0.15, 0.2) is 0 Å². The molecule has 0 radical (unpaired) electrons. The van der Waals surface area contributed by atoms with Crippen molar-refractivity contribution in [2.45, 2.75) is 19.8 Å². The number of rotatable bonds is 7. The van der Waals surface area contributed by atoms with Gasteiger partial charge in [0.25, 0.3) is 0 Å². The number of methoxy groups -OCH3 is 1. The summed E-state index contributed by atoms with van der Waals surface area (Å²) < 4.78 is 5.23. The third-order valence-corrected chi connectivity index (χ3v) is 4.72. The second kappa shape index (κ2) is 9.52. The Labute approximate surface area is 148 Å². The van der Waals surface area contributed by atoms with Gasteiger partial charge in [-0.1, -0.05) is 37.1 Å². The molecule has 2 rings (SSSR count). The predicted octanol–water partition coefficient (Wildman–Crippen LogP) is 6.54. The first-order valence-corrected chi connectivity index (χ1v) is 9.08. The van der Waals surface area contributed by atoms with E-state index in [-0.39, 0.29) is 0 Å². The van der Waals surface area contributed by atoms with E-state index in [1.807, 2.05) is 54.2 Å². The van der Waals surface area contributed by atoms with Gasteiger partial charge >= 0.3 is 0 Å². The molecule has 0 atom stereocenters. The Hall–Kier alpha value is -1.60. The smallest absolute Gasteiger partial charge is 0.118 e. The number of hydrogen-bond acceptors (Lipinski definition) is 2. The summed E-state index contributed by atoms with van der Waals surface area (Å²) in [5.41, 5.74) is 5.70. The van der Waals surface area contributed by atoms with E-state index in [2.05, 4.69) is 24.8 Å². The number of unbranched alkanes of at least 4 members (excludes halogenated alkanes) is 1. The summed E-state index contributed by atoms with van der Waals surface area (Å²) in [4.78, 5) is 1.15. The Morgan fingerprint density at radius 2 is 1.83 bits per heavy atom. The molecule has 0 spiro atoms. The van der Waals surface area contributed by atoms with E-state index < -0.39 is 0 Å².